The Balaban J connectivity index is 2.05. The maximum absolute atomic E-state index is 6.16. The Kier molecular flexibility index (Phi) is 3.30. The van der Waals surface area contributed by atoms with E-state index in [2.05, 4.69) is 4.98 Å². The van der Waals surface area contributed by atoms with E-state index >= 15 is 0 Å². The first-order valence-corrected chi connectivity index (χ1v) is 6.54. The molecule has 2 rings (SSSR count). The molecule has 2 heterocycles. The van der Waals surface area contributed by atoms with Crippen LogP contribution in [-0.4, -0.2) is 23.1 Å². The molecule has 14 heavy (non-hydrogen) atoms. The highest BCUT2D eigenvalue weighted by atomic mass is 32.2. The summed E-state index contributed by atoms with van der Waals surface area (Å²) in [5.74, 6) is 1.24. The van der Waals surface area contributed by atoms with Crippen LogP contribution in [0.4, 0.5) is 0 Å². The van der Waals surface area contributed by atoms with Gasteiger partial charge in [-0.15, -0.1) is 0 Å². The number of rotatable bonds is 3. The lowest BCUT2D eigenvalue weighted by Gasteiger charge is -2.15. The van der Waals surface area contributed by atoms with E-state index in [1.165, 1.54) is 18.6 Å². The molecule has 0 spiro atoms. The third-order valence-corrected chi connectivity index (χ3v) is 4.91. The van der Waals surface area contributed by atoms with Gasteiger partial charge in [-0.3, -0.25) is 0 Å². The number of hydrogen-bond donors (Lipinski definition) is 1. The lowest BCUT2D eigenvalue weighted by atomic mass is 10.1. The van der Waals surface area contributed by atoms with Crippen molar-refractivity contribution in [2.75, 3.05) is 12.9 Å². The summed E-state index contributed by atoms with van der Waals surface area (Å²) in [6, 6.07) is 0.129. The van der Waals surface area contributed by atoms with Crippen LogP contribution in [0.15, 0.2) is 6.20 Å². The molecular weight excluding hydrogens is 216 g/mol. The largest absolute Gasteiger partial charge is 0.473 e. The van der Waals surface area contributed by atoms with Crippen molar-refractivity contribution in [1.82, 2.24) is 4.98 Å². The second-order valence-electron chi connectivity index (χ2n) is 3.31. The van der Waals surface area contributed by atoms with Gasteiger partial charge in [0.05, 0.1) is 13.2 Å². The molecule has 1 aromatic heterocycles. The maximum atomic E-state index is 6.16. The van der Waals surface area contributed by atoms with Crippen molar-refractivity contribution >= 4 is 23.1 Å². The minimum Gasteiger partial charge on any atom is -0.473 e. The monoisotopic (exact) mass is 230 g/mol. The van der Waals surface area contributed by atoms with Crippen LogP contribution >= 0.6 is 23.1 Å². The SMILES string of the molecule is COc1ncc(C(N)C2CCCS2)s1. The summed E-state index contributed by atoms with van der Waals surface area (Å²) in [4.78, 5) is 5.27. The summed E-state index contributed by atoms with van der Waals surface area (Å²) in [6.45, 7) is 0. The Labute approximate surface area is 92.1 Å². The van der Waals surface area contributed by atoms with E-state index in [0.29, 0.717) is 10.4 Å². The topological polar surface area (TPSA) is 48.1 Å². The molecule has 0 saturated carbocycles. The summed E-state index contributed by atoms with van der Waals surface area (Å²) >= 11 is 3.53. The molecule has 0 aromatic carbocycles. The molecule has 5 heteroatoms. The van der Waals surface area contributed by atoms with Crippen molar-refractivity contribution < 1.29 is 4.74 Å². The first-order chi connectivity index (χ1) is 6.81. The number of methoxy groups -OCH3 is 1. The fraction of sp³-hybridized carbons (Fsp3) is 0.667. The van der Waals surface area contributed by atoms with Gasteiger partial charge in [0.2, 0.25) is 0 Å². The van der Waals surface area contributed by atoms with Gasteiger partial charge >= 0.3 is 0 Å². The molecule has 1 fully saturated rings. The quantitative estimate of drug-likeness (QED) is 0.863. The van der Waals surface area contributed by atoms with Crippen molar-refractivity contribution in [3.8, 4) is 5.19 Å². The molecule has 1 saturated heterocycles. The number of ether oxygens (including phenoxy) is 1. The zero-order valence-electron chi connectivity index (χ0n) is 8.10. The molecule has 3 nitrogen and oxygen atoms in total. The fourth-order valence-electron chi connectivity index (χ4n) is 1.59. The molecule has 1 aromatic rings. The van der Waals surface area contributed by atoms with Crippen molar-refractivity contribution in [3.05, 3.63) is 11.1 Å². The number of nitrogens with zero attached hydrogens (tertiary/aromatic N) is 1. The van der Waals surface area contributed by atoms with Crippen LogP contribution in [0.3, 0.4) is 0 Å². The van der Waals surface area contributed by atoms with Gasteiger partial charge in [-0.2, -0.15) is 11.8 Å². The molecule has 0 bridgehead atoms. The zero-order chi connectivity index (χ0) is 9.97. The lowest BCUT2D eigenvalue weighted by molar-refractivity contribution is 0.412. The minimum atomic E-state index is 0.129. The van der Waals surface area contributed by atoms with Gasteiger partial charge in [-0.1, -0.05) is 11.3 Å². The summed E-state index contributed by atoms with van der Waals surface area (Å²) in [5.41, 5.74) is 6.16. The van der Waals surface area contributed by atoms with Crippen LogP contribution in [0, 0.1) is 0 Å². The average molecular weight is 230 g/mol. The minimum absolute atomic E-state index is 0.129. The Morgan fingerprint density at radius 2 is 2.57 bits per heavy atom. The lowest BCUT2D eigenvalue weighted by Crippen LogP contribution is -2.20. The van der Waals surface area contributed by atoms with Crippen LogP contribution in [0.25, 0.3) is 0 Å². The molecular formula is C9H14N2OS2. The van der Waals surface area contributed by atoms with Gasteiger partial charge in [0.1, 0.15) is 0 Å². The Bertz CT molecular complexity index is 297. The summed E-state index contributed by atoms with van der Waals surface area (Å²) in [5, 5.41) is 1.28. The summed E-state index contributed by atoms with van der Waals surface area (Å²) < 4.78 is 5.05. The second kappa shape index (κ2) is 4.51. The standard InChI is InChI=1S/C9H14N2OS2/c1-12-9-11-5-7(14-9)8(10)6-3-2-4-13-6/h5-6,8H,2-4,10H2,1H3. The van der Waals surface area contributed by atoms with Gasteiger partial charge < -0.3 is 10.5 Å². The molecule has 0 amide bonds. The van der Waals surface area contributed by atoms with E-state index in [1.54, 1.807) is 18.4 Å². The maximum Gasteiger partial charge on any atom is 0.273 e. The Morgan fingerprint density at radius 3 is 3.14 bits per heavy atom. The third-order valence-electron chi connectivity index (χ3n) is 2.37. The van der Waals surface area contributed by atoms with Gasteiger partial charge in [0, 0.05) is 16.3 Å². The number of thiazole rings is 1. The van der Waals surface area contributed by atoms with Gasteiger partial charge in [-0.05, 0) is 18.6 Å². The molecule has 1 aliphatic heterocycles. The third kappa shape index (κ3) is 2.04. The number of hydrogen-bond acceptors (Lipinski definition) is 5. The summed E-state index contributed by atoms with van der Waals surface area (Å²) in [6.07, 6.45) is 4.36. The predicted octanol–water partition coefficient (Wildman–Crippen LogP) is 2.05. The first kappa shape index (κ1) is 10.3. The second-order valence-corrected chi connectivity index (χ2v) is 5.68. The van der Waals surface area contributed by atoms with Crippen molar-refractivity contribution in [2.45, 2.75) is 24.1 Å². The van der Waals surface area contributed by atoms with Crippen molar-refractivity contribution in [1.29, 1.82) is 0 Å². The van der Waals surface area contributed by atoms with E-state index in [1.807, 2.05) is 18.0 Å². The number of aromatic nitrogens is 1. The number of thioether (sulfide) groups is 1. The van der Waals surface area contributed by atoms with E-state index in [0.717, 1.165) is 4.88 Å². The van der Waals surface area contributed by atoms with Gasteiger partial charge in [0.25, 0.3) is 5.19 Å². The van der Waals surface area contributed by atoms with Crippen molar-refractivity contribution in [2.24, 2.45) is 5.73 Å². The number of nitrogens with two attached hydrogens (primary N) is 1. The molecule has 2 atom stereocenters. The molecule has 1 aliphatic rings. The van der Waals surface area contributed by atoms with Crippen LogP contribution < -0.4 is 10.5 Å². The van der Waals surface area contributed by atoms with Crippen LogP contribution in [0.2, 0.25) is 0 Å². The molecule has 0 radical (unpaired) electrons. The highest BCUT2D eigenvalue weighted by Gasteiger charge is 2.25. The van der Waals surface area contributed by atoms with E-state index in [-0.39, 0.29) is 6.04 Å². The van der Waals surface area contributed by atoms with E-state index in [4.69, 9.17) is 10.5 Å². The smallest absolute Gasteiger partial charge is 0.273 e. The zero-order valence-corrected chi connectivity index (χ0v) is 9.74. The molecule has 78 valence electrons. The van der Waals surface area contributed by atoms with E-state index in [9.17, 15) is 0 Å². The van der Waals surface area contributed by atoms with Gasteiger partial charge in [-0.25, -0.2) is 4.98 Å². The highest BCUT2D eigenvalue weighted by Crippen LogP contribution is 2.37. The molecule has 0 aliphatic carbocycles. The molecule has 2 N–H and O–H groups in total. The van der Waals surface area contributed by atoms with Gasteiger partial charge in [0.15, 0.2) is 0 Å². The fourth-order valence-corrected chi connectivity index (χ4v) is 3.79. The Morgan fingerprint density at radius 1 is 1.71 bits per heavy atom. The van der Waals surface area contributed by atoms with Crippen LogP contribution in [-0.2, 0) is 0 Å². The molecule has 2 unspecified atom stereocenters. The highest BCUT2D eigenvalue weighted by molar-refractivity contribution is 8.00. The van der Waals surface area contributed by atoms with Crippen molar-refractivity contribution in [3.63, 3.8) is 0 Å². The van der Waals surface area contributed by atoms with Crippen LogP contribution in [0.5, 0.6) is 5.19 Å². The predicted molar refractivity (Wildman–Crippen MR) is 61.1 cm³/mol. The summed E-state index contributed by atoms with van der Waals surface area (Å²) in [7, 11) is 1.64. The van der Waals surface area contributed by atoms with E-state index < -0.39 is 0 Å². The Hall–Kier alpha value is -0.260. The normalized spacial score (nSPS) is 23.7. The van der Waals surface area contributed by atoms with Crippen LogP contribution in [0.1, 0.15) is 23.8 Å². The first-order valence-electron chi connectivity index (χ1n) is 4.68. The average Bonchev–Trinajstić information content (AvgIpc) is 2.88.